The molecule has 104 valence electrons. The Labute approximate surface area is 114 Å². The zero-order valence-electron chi connectivity index (χ0n) is 12.6. The van der Waals surface area contributed by atoms with E-state index in [0.717, 1.165) is 19.6 Å². The van der Waals surface area contributed by atoms with Crippen LogP contribution in [0, 0.1) is 0 Å². The molecule has 0 aromatic heterocycles. The van der Waals surface area contributed by atoms with Crippen molar-refractivity contribution in [1.29, 1.82) is 0 Å². The lowest BCUT2D eigenvalue weighted by molar-refractivity contribution is 0.141. The first-order chi connectivity index (χ1) is 8.55. The van der Waals surface area contributed by atoms with Crippen LogP contribution in [0.2, 0.25) is 19.6 Å². The first-order valence-corrected chi connectivity index (χ1v) is 11.0. The van der Waals surface area contributed by atoms with Gasteiger partial charge in [-0.3, -0.25) is 0 Å². The van der Waals surface area contributed by atoms with Crippen LogP contribution in [-0.4, -0.2) is 28.4 Å². The molecule has 4 heteroatoms. The predicted molar refractivity (Wildman–Crippen MR) is 82.5 cm³/mol. The van der Waals surface area contributed by atoms with Crippen molar-refractivity contribution in [3.05, 3.63) is 11.2 Å². The molecule has 1 aliphatic heterocycles. The molecule has 1 rings (SSSR count). The topological polar surface area (TPSA) is 18.5 Å². The van der Waals surface area contributed by atoms with Crippen molar-refractivity contribution in [3.8, 4) is 0 Å². The van der Waals surface area contributed by atoms with Crippen molar-refractivity contribution in [2.75, 3.05) is 13.2 Å². The van der Waals surface area contributed by atoms with Gasteiger partial charge in [-0.25, -0.2) is 0 Å². The Hall–Kier alpha value is -0.0582. The zero-order chi connectivity index (χ0) is 13.4. The molecular formula is C14H29BO2Si. The summed E-state index contributed by atoms with van der Waals surface area (Å²) in [7, 11) is -1.38. The Morgan fingerprint density at radius 1 is 1.11 bits per heavy atom. The second-order valence-corrected chi connectivity index (χ2v) is 11.3. The first-order valence-electron chi connectivity index (χ1n) is 7.49. The lowest BCUT2D eigenvalue weighted by Gasteiger charge is -2.29. The van der Waals surface area contributed by atoms with Gasteiger partial charge in [0.05, 0.1) is 8.07 Å². The maximum atomic E-state index is 5.79. The first kappa shape index (κ1) is 16.0. The Morgan fingerprint density at radius 3 is 2.33 bits per heavy atom. The zero-order valence-corrected chi connectivity index (χ0v) is 13.6. The highest BCUT2D eigenvalue weighted by molar-refractivity contribution is 6.95. The molecule has 0 bridgehead atoms. The summed E-state index contributed by atoms with van der Waals surface area (Å²) < 4.78 is 11.6. The summed E-state index contributed by atoms with van der Waals surface area (Å²) in [5.41, 5.74) is 0. The number of hydrogen-bond acceptors (Lipinski definition) is 2. The van der Waals surface area contributed by atoms with Crippen LogP contribution in [0.5, 0.6) is 0 Å². The molecule has 0 atom stereocenters. The van der Waals surface area contributed by atoms with Gasteiger partial charge < -0.3 is 9.31 Å². The van der Waals surface area contributed by atoms with E-state index in [0.29, 0.717) is 0 Å². The van der Waals surface area contributed by atoms with E-state index in [2.05, 4.69) is 32.6 Å². The van der Waals surface area contributed by atoms with E-state index in [1.165, 1.54) is 37.2 Å². The number of rotatable bonds is 7. The van der Waals surface area contributed by atoms with Crippen LogP contribution in [0.1, 0.15) is 45.4 Å². The van der Waals surface area contributed by atoms with Gasteiger partial charge in [0.25, 0.3) is 0 Å². The van der Waals surface area contributed by atoms with Gasteiger partial charge in [0.15, 0.2) is 0 Å². The van der Waals surface area contributed by atoms with Gasteiger partial charge >= 0.3 is 7.12 Å². The summed E-state index contributed by atoms with van der Waals surface area (Å²) in [6.07, 6.45) is 9.94. The molecular weight excluding hydrogens is 239 g/mol. The van der Waals surface area contributed by atoms with E-state index < -0.39 is 8.07 Å². The van der Waals surface area contributed by atoms with Crippen LogP contribution >= 0.6 is 0 Å². The molecule has 0 aliphatic carbocycles. The monoisotopic (exact) mass is 268 g/mol. The maximum Gasteiger partial charge on any atom is 0.485 e. The SMILES string of the molecule is CCCCCC/C=C(/B1OCCCO1)[Si](C)(C)C. The van der Waals surface area contributed by atoms with Crippen LogP contribution in [0.3, 0.4) is 0 Å². The van der Waals surface area contributed by atoms with E-state index in [1.54, 1.807) is 0 Å². The molecule has 1 aliphatic rings. The van der Waals surface area contributed by atoms with Crippen LogP contribution in [0.15, 0.2) is 11.2 Å². The smallest absolute Gasteiger partial charge is 0.408 e. The highest BCUT2D eigenvalue weighted by atomic mass is 28.3. The molecule has 1 fully saturated rings. The van der Waals surface area contributed by atoms with Gasteiger partial charge in [-0.05, 0) is 19.3 Å². The van der Waals surface area contributed by atoms with E-state index in [1.807, 2.05) is 0 Å². The van der Waals surface area contributed by atoms with Gasteiger partial charge in [-0.15, -0.1) is 0 Å². The molecule has 0 spiro atoms. The summed E-state index contributed by atoms with van der Waals surface area (Å²) >= 11 is 0. The molecule has 0 aromatic carbocycles. The fourth-order valence-electron chi connectivity index (χ4n) is 2.25. The van der Waals surface area contributed by atoms with Crippen molar-refractivity contribution < 1.29 is 9.31 Å². The average Bonchev–Trinajstić information content (AvgIpc) is 2.33. The quantitative estimate of drug-likeness (QED) is 0.508. The molecule has 0 radical (unpaired) electrons. The van der Waals surface area contributed by atoms with Crippen molar-refractivity contribution in [2.45, 2.75) is 65.1 Å². The molecule has 18 heavy (non-hydrogen) atoms. The van der Waals surface area contributed by atoms with Crippen molar-refractivity contribution in [1.82, 2.24) is 0 Å². The normalized spacial score (nSPS) is 18.2. The number of allylic oxidation sites excluding steroid dienone is 1. The third-order valence-corrected chi connectivity index (χ3v) is 5.54. The molecule has 1 saturated heterocycles. The number of hydrogen-bond donors (Lipinski definition) is 0. The highest BCUT2D eigenvalue weighted by Gasteiger charge is 2.34. The van der Waals surface area contributed by atoms with Gasteiger partial charge in [0.2, 0.25) is 0 Å². The average molecular weight is 268 g/mol. The molecule has 0 aromatic rings. The summed E-state index contributed by atoms with van der Waals surface area (Å²) in [5, 5.41) is 1.46. The minimum atomic E-state index is -1.33. The molecule has 2 nitrogen and oxygen atoms in total. The summed E-state index contributed by atoms with van der Waals surface area (Å²) in [4.78, 5) is 0. The number of unbranched alkanes of at least 4 members (excludes halogenated alkanes) is 4. The van der Waals surface area contributed by atoms with Gasteiger partial charge in [-0.1, -0.05) is 57.0 Å². The van der Waals surface area contributed by atoms with Crippen molar-refractivity contribution >= 4 is 15.2 Å². The van der Waals surface area contributed by atoms with Gasteiger partial charge in [0, 0.05) is 13.2 Å². The van der Waals surface area contributed by atoms with Crippen LogP contribution in [0.4, 0.5) is 0 Å². The Balaban J connectivity index is 2.51. The summed E-state index contributed by atoms with van der Waals surface area (Å²) in [6, 6.07) is 0. The molecule has 1 heterocycles. The Kier molecular flexibility index (Phi) is 7.27. The second-order valence-electron chi connectivity index (χ2n) is 6.19. The van der Waals surface area contributed by atoms with E-state index in [-0.39, 0.29) is 7.12 Å². The third kappa shape index (κ3) is 5.72. The van der Waals surface area contributed by atoms with Crippen LogP contribution < -0.4 is 0 Å². The lowest BCUT2D eigenvalue weighted by Crippen LogP contribution is -2.41. The van der Waals surface area contributed by atoms with E-state index >= 15 is 0 Å². The highest BCUT2D eigenvalue weighted by Crippen LogP contribution is 2.22. The molecule has 0 N–H and O–H groups in total. The van der Waals surface area contributed by atoms with Crippen molar-refractivity contribution in [2.24, 2.45) is 0 Å². The van der Waals surface area contributed by atoms with Gasteiger partial charge in [-0.2, -0.15) is 0 Å². The Morgan fingerprint density at radius 2 is 1.78 bits per heavy atom. The fourth-order valence-corrected chi connectivity index (χ4v) is 3.88. The van der Waals surface area contributed by atoms with E-state index in [9.17, 15) is 0 Å². The predicted octanol–water partition coefficient (Wildman–Crippen LogP) is 4.22. The summed E-state index contributed by atoms with van der Waals surface area (Å²) in [5.74, 6) is 0. The fraction of sp³-hybridized carbons (Fsp3) is 0.857. The third-order valence-electron chi connectivity index (χ3n) is 3.37. The maximum absolute atomic E-state index is 5.79. The van der Waals surface area contributed by atoms with Crippen molar-refractivity contribution in [3.63, 3.8) is 0 Å². The minimum Gasteiger partial charge on any atom is -0.408 e. The lowest BCUT2D eigenvalue weighted by atomic mass is 9.86. The van der Waals surface area contributed by atoms with Crippen LogP contribution in [-0.2, 0) is 9.31 Å². The Bertz CT molecular complexity index is 255. The molecule has 0 amide bonds. The standard InChI is InChI=1S/C14H29BO2Si/c1-5-6-7-8-9-11-14(18(2,3)4)15-16-12-10-13-17-15/h11H,5-10,12-13H2,1-4H3/b14-11-. The van der Waals surface area contributed by atoms with E-state index in [4.69, 9.17) is 9.31 Å². The van der Waals surface area contributed by atoms with Crippen LogP contribution in [0.25, 0.3) is 0 Å². The largest absolute Gasteiger partial charge is 0.485 e. The minimum absolute atomic E-state index is 0.0448. The molecule has 0 unspecified atom stereocenters. The van der Waals surface area contributed by atoms with Gasteiger partial charge in [0.1, 0.15) is 0 Å². The summed E-state index contributed by atoms with van der Waals surface area (Å²) in [6.45, 7) is 11.1. The molecule has 0 saturated carbocycles. The second kappa shape index (κ2) is 8.18.